The smallest absolute Gasteiger partial charge is 0.211 e. The van der Waals surface area contributed by atoms with Crippen LogP contribution in [0.1, 0.15) is 19.8 Å². The van der Waals surface area contributed by atoms with E-state index in [0.717, 1.165) is 39.0 Å². The maximum Gasteiger partial charge on any atom is 0.211 e. The van der Waals surface area contributed by atoms with Gasteiger partial charge in [0.1, 0.15) is 0 Å². The fourth-order valence-corrected chi connectivity index (χ4v) is 2.95. The monoisotopic (exact) mass is 288 g/mol. The van der Waals surface area contributed by atoms with E-state index in [0.29, 0.717) is 13.1 Å². The Kier molecular flexibility index (Phi) is 6.72. The van der Waals surface area contributed by atoms with Gasteiger partial charge in [0.15, 0.2) is 0 Å². The van der Waals surface area contributed by atoms with E-state index in [4.69, 9.17) is 5.26 Å². The standard InChI is InChI=1S/C12H24N4O2S/c1-3-5-14-12(11-13)4-6-15-7-9-16(10-8-15)19(2,17)18/h12,14H,3-10H2,1-2H3. The normalized spacial score (nSPS) is 20.1. The second kappa shape index (κ2) is 7.80. The zero-order valence-electron chi connectivity index (χ0n) is 11.8. The van der Waals surface area contributed by atoms with Crippen LogP contribution in [0.25, 0.3) is 0 Å². The Morgan fingerprint density at radius 2 is 1.95 bits per heavy atom. The molecule has 1 aliphatic heterocycles. The maximum absolute atomic E-state index is 11.4. The molecule has 1 heterocycles. The van der Waals surface area contributed by atoms with Gasteiger partial charge in [0.2, 0.25) is 10.0 Å². The maximum atomic E-state index is 11.4. The molecule has 1 saturated heterocycles. The van der Waals surface area contributed by atoms with Gasteiger partial charge in [0, 0.05) is 32.7 Å². The number of nitrogens with zero attached hydrogens (tertiary/aromatic N) is 3. The molecule has 6 nitrogen and oxygen atoms in total. The first-order chi connectivity index (χ1) is 8.97. The average Bonchev–Trinajstić information content (AvgIpc) is 2.38. The van der Waals surface area contributed by atoms with Gasteiger partial charge in [0.25, 0.3) is 0 Å². The van der Waals surface area contributed by atoms with Crippen LogP contribution >= 0.6 is 0 Å². The third-order valence-electron chi connectivity index (χ3n) is 3.33. The van der Waals surface area contributed by atoms with Gasteiger partial charge in [-0.15, -0.1) is 0 Å². The third kappa shape index (κ3) is 5.87. The third-order valence-corrected chi connectivity index (χ3v) is 4.63. The molecule has 1 N–H and O–H groups in total. The van der Waals surface area contributed by atoms with Crippen molar-refractivity contribution in [1.82, 2.24) is 14.5 Å². The summed E-state index contributed by atoms with van der Waals surface area (Å²) in [6.45, 7) is 6.38. The number of nitriles is 1. The second-order valence-electron chi connectivity index (χ2n) is 4.93. The van der Waals surface area contributed by atoms with E-state index in [2.05, 4.69) is 23.2 Å². The summed E-state index contributed by atoms with van der Waals surface area (Å²) < 4.78 is 24.3. The van der Waals surface area contributed by atoms with E-state index < -0.39 is 10.0 Å². The van der Waals surface area contributed by atoms with Crippen LogP contribution in [0.5, 0.6) is 0 Å². The van der Waals surface area contributed by atoms with E-state index in [1.54, 1.807) is 0 Å². The number of sulfonamides is 1. The van der Waals surface area contributed by atoms with E-state index in [-0.39, 0.29) is 6.04 Å². The van der Waals surface area contributed by atoms with Crippen molar-refractivity contribution in [3.8, 4) is 6.07 Å². The van der Waals surface area contributed by atoms with Gasteiger partial charge in [-0.25, -0.2) is 8.42 Å². The van der Waals surface area contributed by atoms with Crippen LogP contribution in [0.4, 0.5) is 0 Å². The van der Waals surface area contributed by atoms with Crippen molar-refractivity contribution < 1.29 is 8.42 Å². The van der Waals surface area contributed by atoms with Crippen LogP contribution in [0.2, 0.25) is 0 Å². The van der Waals surface area contributed by atoms with Crippen molar-refractivity contribution >= 4 is 10.0 Å². The topological polar surface area (TPSA) is 76.4 Å². The molecule has 1 rings (SSSR count). The van der Waals surface area contributed by atoms with Crippen LogP contribution in [-0.4, -0.2) is 69.2 Å². The van der Waals surface area contributed by atoms with E-state index >= 15 is 0 Å². The molecule has 0 radical (unpaired) electrons. The largest absolute Gasteiger partial charge is 0.302 e. The molecule has 110 valence electrons. The molecule has 0 aromatic heterocycles. The zero-order valence-corrected chi connectivity index (χ0v) is 12.6. The molecule has 1 aliphatic rings. The Bertz CT molecular complexity index is 396. The van der Waals surface area contributed by atoms with Crippen LogP contribution < -0.4 is 5.32 Å². The molecule has 0 aliphatic carbocycles. The Balaban J connectivity index is 2.28. The van der Waals surface area contributed by atoms with Crippen molar-refractivity contribution in [2.45, 2.75) is 25.8 Å². The molecule has 0 aromatic carbocycles. The van der Waals surface area contributed by atoms with Crippen molar-refractivity contribution in [2.24, 2.45) is 0 Å². The van der Waals surface area contributed by atoms with Gasteiger partial charge < -0.3 is 10.2 Å². The highest BCUT2D eigenvalue weighted by molar-refractivity contribution is 7.88. The average molecular weight is 288 g/mol. The van der Waals surface area contributed by atoms with Crippen molar-refractivity contribution in [3.63, 3.8) is 0 Å². The minimum atomic E-state index is -3.06. The Morgan fingerprint density at radius 3 is 2.42 bits per heavy atom. The SMILES string of the molecule is CCCNC(C#N)CCN1CCN(S(C)(=O)=O)CC1. The first-order valence-electron chi connectivity index (χ1n) is 6.78. The Hall–Kier alpha value is -0.680. The molecule has 19 heavy (non-hydrogen) atoms. The first-order valence-corrected chi connectivity index (χ1v) is 8.62. The van der Waals surface area contributed by atoms with Gasteiger partial charge in [-0.3, -0.25) is 0 Å². The highest BCUT2D eigenvalue weighted by Crippen LogP contribution is 2.07. The molecule has 0 amide bonds. The van der Waals surface area contributed by atoms with Gasteiger partial charge in [-0.1, -0.05) is 6.92 Å². The molecular weight excluding hydrogens is 264 g/mol. The van der Waals surface area contributed by atoms with Gasteiger partial charge in [-0.2, -0.15) is 9.57 Å². The van der Waals surface area contributed by atoms with E-state index in [1.165, 1.54) is 10.6 Å². The van der Waals surface area contributed by atoms with Gasteiger partial charge >= 0.3 is 0 Å². The number of rotatable bonds is 7. The summed E-state index contributed by atoms with van der Waals surface area (Å²) in [6.07, 6.45) is 3.06. The number of hydrogen-bond donors (Lipinski definition) is 1. The van der Waals surface area contributed by atoms with Gasteiger partial charge in [-0.05, 0) is 19.4 Å². The number of piperazine rings is 1. The van der Waals surface area contributed by atoms with Crippen LogP contribution in [0.3, 0.4) is 0 Å². The van der Waals surface area contributed by atoms with Crippen LogP contribution in [-0.2, 0) is 10.0 Å². The van der Waals surface area contributed by atoms with Gasteiger partial charge in [0.05, 0.1) is 18.4 Å². The Morgan fingerprint density at radius 1 is 1.32 bits per heavy atom. The lowest BCUT2D eigenvalue weighted by Crippen LogP contribution is -2.49. The predicted octanol–water partition coefficient (Wildman–Crippen LogP) is -0.155. The molecule has 1 unspecified atom stereocenters. The lowest BCUT2D eigenvalue weighted by Gasteiger charge is -2.33. The second-order valence-corrected chi connectivity index (χ2v) is 6.91. The molecular formula is C12H24N4O2S. The Labute approximate surface area is 116 Å². The quantitative estimate of drug-likeness (QED) is 0.705. The molecule has 0 bridgehead atoms. The summed E-state index contributed by atoms with van der Waals surface area (Å²) in [5.74, 6) is 0. The molecule has 1 atom stereocenters. The summed E-state index contributed by atoms with van der Waals surface area (Å²) in [5, 5.41) is 12.2. The van der Waals surface area contributed by atoms with E-state index in [9.17, 15) is 8.42 Å². The minimum Gasteiger partial charge on any atom is -0.302 e. The molecule has 1 fully saturated rings. The van der Waals surface area contributed by atoms with Crippen molar-refractivity contribution in [1.29, 1.82) is 5.26 Å². The van der Waals surface area contributed by atoms with Crippen molar-refractivity contribution in [2.75, 3.05) is 45.5 Å². The first kappa shape index (κ1) is 16.4. The molecule has 0 aromatic rings. The highest BCUT2D eigenvalue weighted by atomic mass is 32.2. The highest BCUT2D eigenvalue weighted by Gasteiger charge is 2.23. The lowest BCUT2D eigenvalue weighted by molar-refractivity contribution is 0.184. The summed E-state index contributed by atoms with van der Waals surface area (Å²) in [5.41, 5.74) is 0. The lowest BCUT2D eigenvalue weighted by atomic mass is 10.2. The van der Waals surface area contributed by atoms with E-state index in [1.807, 2.05) is 0 Å². The minimum absolute atomic E-state index is 0.104. The summed E-state index contributed by atoms with van der Waals surface area (Å²) >= 11 is 0. The predicted molar refractivity (Wildman–Crippen MR) is 75.2 cm³/mol. The van der Waals surface area contributed by atoms with Crippen LogP contribution in [0, 0.1) is 11.3 Å². The summed E-state index contributed by atoms with van der Waals surface area (Å²) in [4.78, 5) is 2.22. The molecule has 0 saturated carbocycles. The van der Waals surface area contributed by atoms with Crippen LogP contribution in [0.15, 0.2) is 0 Å². The summed E-state index contributed by atoms with van der Waals surface area (Å²) in [6, 6.07) is 2.16. The number of hydrogen-bond acceptors (Lipinski definition) is 5. The molecule has 7 heteroatoms. The zero-order chi connectivity index (χ0) is 14.3. The fraction of sp³-hybridized carbons (Fsp3) is 0.917. The number of nitrogens with one attached hydrogen (secondary N) is 1. The van der Waals surface area contributed by atoms with Crippen molar-refractivity contribution in [3.05, 3.63) is 0 Å². The fourth-order valence-electron chi connectivity index (χ4n) is 2.13. The summed E-state index contributed by atoms with van der Waals surface area (Å²) in [7, 11) is -3.06. The molecule has 0 spiro atoms.